The summed E-state index contributed by atoms with van der Waals surface area (Å²) in [6.07, 6.45) is 13.2. The second-order valence-corrected chi connectivity index (χ2v) is 15.6. The third kappa shape index (κ3) is 5.51. The Bertz CT molecular complexity index is 1520. The van der Waals surface area contributed by atoms with Gasteiger partial charge in [0.25, 0.3) is 0 Å². The first-order valence-electron chi connectivity index (χ1n) is 13.0. The molecule has 0 bridgehead atoms. The zero-order valence-electron chi connectivity index (χ0n) is 22.4. The normalized spacial score (nSPS) is 18.7. The number of hydrogen-bond acceptors (Lipinski definition) is 0. The second-order valence-electron chi connectivity index (χ2n) is 10.6. The monoisotopic (exact) mass is 586 g/mol. The third-order valence-electron chi connectivity index (χ3n) is 7.85. The van der Waals surface area contributed by atoms with Crippen molar-refractivity contribution in [2.24, 2.45) is 0 Å². The average molecular weight is 587 g/mol. The van der Waals surface area contributed by atoms with E-state index in [9.17, 15) is 0 Å². The SMILES string of the molecule is CC1=Cc2cc(C3=CC(=[Si](C)C)CC=C3)ccc2[CH]1[Ti+2][CH]1C(C)=Cc2cc(-c3ccccc3)ccc21.[Cl-].[Cl-]. The minimum atomic E-state index is -0.387. The van der Waals surface area contributed by atoms with Gasteiger partial charge in [0.2, 0.25) is 0 Å². The van der Waals surface area contributed by atoms with Crippen molar-refractivity contribution in [3.63, 3.8) is 0 Å². The molecule has 0 fully saturated rings. The molecule has 2 atom stereocenters. The Kier molecular flexibility index (Phi) is 9.18. The van der Waals surface area contributed by atoms with Crippen LogP contribution in [0.3, 0.4) is 0 Å². The van der Waals surface area contributed by atoms with Gasteiger partial charge in [-0.25, -0.2) is 0 Å². The topological polar surface area (TPSA) is 0 Å². The van der Waals surface area contributed by atoms with E-state index in [4.69, 9.17) is 0 Å². The summed E-state index contributed by atoms with van der Waals surface area (Å²) >= 11 is -0.284. The van der Waals surface area contributed by atoms with Gasteiger partial charge in [0, 0.05) is 0 Å². The third-order valence-corrected chi connectivity index (χ3v) is 12.9. The van der Waals surface area contributed by atoms with Crippen LogP contribution in [0.1, 0.15) is 56.5 Å². The number of hydrogen-bond donors (Lipinski definition) is 0. The molecular weight excluding hydrogens is 555 g/mol. The molecule has 3 aliphatic rings. The van der Waals surface area contributed by atoms with Gasteiger partial charge < -0.3 is 24.8 Å². The molecule has 3 aromatic rings. The van der Waals surface area contributed by atoms with Crippen molar-refractivity contribution in [2.75, 3.05) is 0 Å². The fourth-order valence-electron chi connectivity index (χ4n) is 5.81. The number of halogens is 2. The summed E-state index contributed by atoms with van der Waals surface area (Å²) in [5, 5.41) is 1.63. The molecule has 2 unspecified atom stereocenters. The molecular formula is C34H32Cl2SiTi. The first-order chi connectivity index (χ1) is 17.5. The fourth-order valence-corrected chi connectivity index (χ4v) is 9.76. The van der Waals surface area contributed by atoms with Crippen LogP contribution in [0.2, 0.25) is 13.1 Å². The molecule has 0 aliphatic heterocycles. The molecule has 0 aromatic heterocycles. The van der Waals surface area contributed by atoms with Crippen LogP contribution in [0.25, 0.3) is 28.9 Å². The Morgan fingerprint density at radius 1 is 0.684 bits per heavy atom. The number of allylic oxidation sites excluding steroid dienone is 6. The van der Waals surface area contributed by atoms with Crippen LogP contribution in [0, 0.1) is 0 Å². The molecule has 190 valence electrons. The van der Waals surface area contributed by atoms with Gasteiger partial charge in [-0.1, -0.05) is 0 Å². The summed E-state index contributed by atoms with van der Waals surface area (Å²) in [6, 6.07) is 25.1. The van der Waals surface area contributed by atoms with Crippen molar-refractivity contribution in [1.29, 1.82) is 0 Å². The maximum absolute atomic E-state index is 2.47. The Morgan fingerprint density at radius 2 is 1.26 bits per heavy atom. The molecule has 0 radical (unpaired) electrons. The van der Waals surface area contributed by atoms with Crippen LogP contribution in [0.4, 0.5) is 0 Å². The number of benzene rings is 3. The molecule has 3 aromatic carbocycles. The quantitative estimate of drug-likeness (QED) is 0.413. The molecule has 0 N–H and O–H groups in total. The van der Waals surface area contributed by atoms with Crippen LogP contribution >= 0.6 is 0 Å². The van der Waals surface area contributed by atoms with Crippen LogP contribution in [-0.4, -0.2) is 13.6 Å². The largest absolute Gasteiger partial charge is 1.00 e. The Hall–Kier alpha value is -2.00. The molecule has 3 aliphatic carbocycles. The molecule has 0 heterocycles. The molecule has 0 saturated carbocycles. The molecule has 6 rings (SSSR count). The van der Waals surface area contributed by atoms with Crippen molar-refractivity contribution < 1.29 is 44.0 Å². The molecule has 0 amide bonds. The Morgan fingerprint density at radius 3 is 1.87 bits per heavy atom. The maximum atomic E-state index is 2.47. The van der Waals surface area contributed by atoms with Gasteiger partial charge in [-0.15, -0.1) is 0 Å². The van der Waals surface area contributed by atoms with Crippen molar-refractivity contribution >= 4 is 31.3 Å². The van der Waals surface area contributed by atoms with Crippen molar-refractivity contribution in [3.8, 4) is 11.1 Å². The van der Waals surface area contributed by atoms with Gasteiger partial charge in [-0.3, -0.25) is 0 Å². The van der Waals surface area contributed by atoms with Crippen LogP contribution in [0.5, 0.6) is 0 Å². The van der Waals surface area contributed by atoms with Crippen molar-refractivity contribution in [2.45, 2.75) is 41.8 Å². The van der Waals surface area contributed by atoms with Gasteiger partial charge in [-0.05, 0) is 0 Å². The molecule has 0 spiro atoms. The second kappa shape index (κ2) is 12.0. The zero-order chi connectivity index (χ0) is 24.8. The zero-order valence-corrected chi connectivity index (χ0v) is 26.4. The van der Waals surface area contributed by atoms with E-state index in [0.29, 0.717) is 8.45 Å². The number of rotatable bonds is 4. The van der Waals surface area contributed by atoms with E-state index >= 15 is 0 Å². The number of fused-ring (bicyclic) bond motifs is 2. The van der Waals surface area contributed by atoms with E-state index in [1.54, 1.807) is 27.4 Å². The minimum absolute atomic E-state index is 0. The average Bonchev–Trinajstić information content (AvgIpc) is 3.38. The van der Waals surface area contributed by atoms with Crippen molar-refractivity contribution in [3.05, 3.63) is 124 Å². The van der Waals surface area contributed by atoms with Gasteiger partial charge >= 0.3 is 227 Å². The van der Waals surface area contributed by atoms with Gasteiger partial charge in [-0.2, -0.15) is 0 Å². The maximum Gasteiger partial charge on any atom is -1.00 e. The summed E-state index contributed by atoms with van der Waals surface area (Å²) in [5.74, 6) is 0. The molecule has 38 heavy (non-hydrogen) atoms. The smallest absolute Gasteiger partial charge is 1.00 e. The summed E-state index contributed by atoms with van der Waals surface area (Å²) in [5.41, 5.74) is 14.4. The summed E-state index contributed by atoms with van der Waals surface area (Å²) in [6.45, 7) is 9.51. The Balaban J connectivity index is 0.00000168. The molecule has 0 nitrogen and oxygen atoms in total. The predicted molar refractivity (Wildman–Crippen MR) is 155 cm³/mol. The van der Waals surface area contributed by atoms with E-state index in [1.807, 2.05) is 0 Å². The first kappa shape index (κ1) is 29.0. The van der Waals surface area contributed by atoms with E-state index in [1.165, 1.54) is 33.4 Å². The van der Waals surface area contributed by atoms with E-state index < -0.39 is 0 Å². The van der Waals surface area contributed by atoms with Gasteiger partial charge in [0.05, 0.1) is 0 Å². The van der Waals surface area contributed by atoms with Gasteiger partial charge in [0.15, 0.2) is 0 Å². The van der Waals surface area contributed by atoms with Crippen LogP contribution in [0.15, 0.2) is 96.1 Å². The fraction of sp³-hybridized carbons (Fsp3) is 0.206. The Labute approximate surface area is 250 Å². The van der Waals surface area contributed by atoms with Crippen LogP contribution in [-0.2, 0) is 19.2 Å². The summed E-state index contributed by atoms with van der Waals surface area (Å²) in [7, 11) is -0.387. The standard InChI is InChI=1S/C18H19Si.C16H13.2ClH.Ti/c1-13-9-15-7-8-16(11-17(15)10-13)14-5-4-6-18(12-14)19(2)3;1-12-9-14-7-8-15(11-16(14)10-12)13-5-3-2-4-6-13;;;/h4-5,7-12H,6H2,1-3H3;2-11H,1H3;2*1H;/q;;;;+2/p-2. The predicted octanol–water partition coefficient (Wildman–Crippen LogP) is 2.91. The summed E-state index contributed by atoms with van der Waals surface area (Å²) in [4.78, 5) is 0. The molecule has 4 heteroatoms. The van der Waals surface area contributed by atoms with E-state index in [-0.39, 0.29) is 52.4 Å². The van der Waals surface area contributed by atoms with E-state index in [0.717, 1.165) is 6.42 Å². The first-order valence-corrected chi connectivity index (χ1v) is 17.3. The molecule has 0 saturated heterocycles. The van der Waals surface area contributed by atoms with E-state index in [2.05, 4.69) is 124 Å². The van der Waals surface area contributed by atoms with Crippen molar-refractivity contribution in [1.82, 2.24) is 0 Å². The minimum Gasteiger partial charge on any atom is -1.00 e. The van der Waals surface area contributed by atoms with Gasteiger partial charge in [0.1, 0.15) is 0 Å². The van der Waals surface area contributed by atoms with Crippen LogP contribution < -0.4 is 24.8 Å². The summed E-state index contributed by atoms with van der Waals surface area (Å²) < 4.78 is 1.22.